The normalized spacial score (nSPS) is 19.6. The van der Waals surface area contributed by atoms with Crippen molar-refractivity contribution in [1.82, 2.24) is 30.0 Å². The molecule has 1 aliphatic heterocycles. The minimum Gasteiger partial charge on any atom is -0.465 e. The summed E-state index contributed by atoms with van der Waals surface area (Å²) in [5, 5.41) is 23.3. The number of benzene rings is 1. The summed E-state index contributed by atoms with van der Waals surface area (Å²) in [5.74, 6) is 1.31. The number of hydrogen-bond acceptors (Lipinski definition) is 5. The largest absolute Gasteiger partial charge is 0.465 e. The Kier molecular flexibility index (Phi) is 7.02. The molecule has 4 rings (SSSR count). The Bertz CT molecular complexity index is 908. The molecule has 0 unspecified atom stereocenters. The van der Waals surface area contributed by atoms with Crippen molar-refractivity contribution in [3.8, 4) is 0 Å². The number of tetrazole rings is 1. The first-order chi connectivity index (χ1) is 15.7. The molecule has 8 heteroatoms. The third kappa shape index (κ3) is 5.72. The van der Waals surface area contributed by atoms with E-state index in [1.807, 2.05) is 39.0 Å². The molecule has 1 saturated carbocycles. The lowest BCUT2D eigenvalue weighted by Gasteiger charge is -2.41. The van der Waals surface area contributed by atoms with Gasteiger partial charge >= 0.3 is 6.09 Å². The number of rotatable bonds is 7. The molecular formula is C25H38N6O2. The lowest BCUT2D eigenvalue weighted by atomic mass is 9.83. The van der Waals surface area contributed by atoms with Gasteiger partial charge in [-0.25, -0.2) is 4.79 Å². The molecule has 2 aliphatic rings. The molecule has 1 aromatic heterocycles. The molecule has 1 N–H and O–H groups in total. The van der Waals surface area contributed by atoms with E-state index in [2.05, 4.69) is 27.3 Å². The third-order valence-corrected chi connectivity index (χ3v) is 7.37. The number of nitrogens with zero attached hydrogens (tertiary/aromatic N) is 6. The van der Waals surface area contributed by atoms with Crippen LogP contribution in [0.3, 0.4) is 0 Å². The predicted octanol–water partition coefficient (Wildman–Crippen LogP) is 4.02. The van der Waals surface area contributed by atoms with Crippen LogP contribution in [0.4, 0.5) is 4.79 Å². The first-order valence-electron chi connectivity index (χ1n) is 12.3. The summed E-state index contributed by atoms with van der Waals surface area (Å²) in [6.45, 7) is 10.1. The van der Waals surface area contributed by atoms with Gasteiger partial charge in [-0.3, -0.25) is 0 Å². The van der Waals surface area contributed by atoms with Crippen molar-refractivity contribution in [2.75, 3.05) is 26.2 Å². The van der Waals surface area contributed by atoms with Gasteiger partial charge in [0.05, 0.1) is 6.54 Å². The Balaban J connectivity index is 1.37. The van der Waals surface area contributed by atoms with Crippen molar-refractivity contribution in [1.29, 1.82) is 0 Å². The lowest BCUT2D eigenvalue weighted by molar-refractivity contribution is 0.0700. The van der Waals surface area contributed by atoms with Crippen LogP contribution in [0.1, 0.15) is 70.7 Å². The zero-order valence-corrected chi connectivity index (χ0v) is 20.3. The Morgan fingerprint density at radius 1 is 1.15 bits per heavy atom. The van der Waals surface area contributed by atoms with E-state index >= 15 is 0 Å². The zero-order valence-electron chi connectivity index (χ0n) is 20.3. The molecule has 8 nitrogen and oxygen atoms in total. The van der Waals surface area contributed by atoms with Crippen LogP contribution in [0.5, 0.6) is 0 Å². The molecule has 1 aliphatic carbocycles. The van der Waals surface area contributed by atoms with Crippen molar-refractivity contribution in [2.24, 2.45) is 5.92 Å². The van der Waals surface area contributed by atoms with E-state index in [1.165, 1.54) is 18.4 Å². The maximum Gasteiger partial charge on any atom is 0.407 e. The van der Waals surface area contributed by atoms with E-state index in [-0.39, 0.29) is 11.0 Å². The zero-order chi connectivity index (χ0) is 23.5. The van der Waals surface area contributed by atoms with Gasteiger partial charge in [0, 0.05) is 24.0 Å². The third-order valence-electron chi connectivity index (χ3n) is 7.37. The molecule has 1 aromatic carbocycles. The van der Waals surface area contributed by atoms with E-state index in [4.69, 9.17) is 5.10 Å². The van der Waals surface area contributed by atoms with Crippen LogP contribution in [0, 0.1) is 5.92 Å². The van der Waals surface area contributed by atoms with Crippen molar-refractivity contribution >= 4 is 6.09 Å². The van der Waals surface area contributed by atoms with E-state index in [0.717, 1.165) is 51.1 Å². The monoisotopic (exact) mass is 454 g/mol. The quantitative estimate of drug-likeness (QED) is 0.680. The van der Waals surface area contributed by atoms with Crippen LogP contribution < -0.4 is 0 Å². The predicted molar refractivity (Wildman–Crippen MR) is 127 cm³/mol. The van der Waals surface area contributed by atoms with Crippen LogP contribution in [0.15, 0.2) is 30.3 Å². The van der Waals surface area contributed by atoms with Gasteiger partial charge in [0.25, 0.3) is 0 Å². The summed E-state index contributed by atoms with van der Waals surface area (Å²) in [4.78, 5) is 17.6. The van der Waals surface area contributed by atoms with Gasteiger partial charge in [-0.2, -0.15) is 4.80 Å². The number of piperidine rings is 1. The van der Waals surface area contributed by atoms with Gasteiger partial charge in [0.15, 0.2) is 5.82 Å². The van der Waals surface area contributed by atoms with Gasteiger partial charge in [0.1, 0.15) is 0 Å². The van der Waals surface area contributed by atoms with Crippen molar-refractivity contribution in [3.63, 3.8) is 0 Å². The summed E-state index contributed by atoms with van der Waals surface area (Å²) in [6.07, 6.45) is 5.89. The smallest absolute Gasteiger partial charge is 0.407 e. The molecule has 33 heavy (non-hydrogen) atoms. The van der Waals surface area contributed by atoms with E-state index in [0.29, 0.717) is 19.0 Å². The number of amides is 1. The Labute approximate surface area is 197 Å². The minimum absolute atomic E-state index is 0.0136. The Morgan fingerprint density at radius 3 is 2.42 bits per heavy atom. The van der Waals surface area contributed by atoms with Crippen LogP contribution in [-0.4, -0.2) is 72.9 Å². The van der Waals surface area contributed by atoms with Crippen LogP contribution in [0.25, 0.3) is 0 Å². The average Bonchev–Trinajstić information content (AvgIpc) is 3.43. The molecule has 0 spiro atoms. The standard InChI is InChI=1S/C25H38N6O2/c1-24(2,3)30(23(32)33)17-21-11-15-29(16-12-21)19-25(13-7-8-14-25)22-26-28-31(27-22)18-20-9-5-4-6-10-20/h4-6,9-10,21H,7-8,11-19H2,1-3H3,(H,32,33). The van der Waals surface area contributed by atoms with E-state index in [1.54, 1.807) is 9.70 Å². The highest BCUT2D eigenvalue weighted by molar-refractivity contribution is 5.66. The second-order valence-electron chi connectivity index (χ2n) is 10.9. The topological polar surface area (TPSA) is 87.4 Å². The molecule has 0 bridgehead atoms. The summed E-state index contributed by atoms with van der Waals surface area (Å²) in [7, 11) is 0. The van der Waals surface area contributed by atoms with Crippen LogP contribution >= 0.6 is 0 Å². The summed E-state index contributed by atoms with van der Waals surface area (Å²) >= 11 is 0. The highest BCUT2D eigenvalue weighted by Crippen LogP contribution is 2.40. The fourth-order valence-electron chi connectivity index (χ4n) is 5.43. The molecule has 1 amide bonds. The number of carboxylic acid groups (broad SMARTS) is 1. The summed E-state index contributed by atoms with van der Waals surface area (Å²) in [6, 6.07) is 10.3. The molecular weight excluding hydrogens is 416 g/mol. The first-order valence-corrected chi connectivity index (χ1v) is 12.3. The van der Waals surface area contributed by atoms with Crippen molar-refractivity contribution in [3.05, 3.63) is 41.7 Å². The van der Waals surface area contributed by atoms with E-state index in [9.17, 15) is 9.90 Å². The fraction of sp³-hybridized carbons (Fsp3) is 0.680. The lowest BCUT2D eigenvalue weighted by Crippen LogP contribution is -2.50. The number of hydrogen-bond donors (Lipinski definition) is 1. The molecule has 1 saturated heterocycles. The SMILES string of the molecule is CC(C)(C)N(CC1CCN(CC2(c3nnn(Cc4ccccc4)n3)CCCC2)CC1)C(=O)O. The minimum atomic E-state index is -0.820. The van der Waals surface area contributed by atoms with Crippen molar-refractivity contribution < 1.29 is 9.90 Å². The Morgan fingerprint density at radius 2 is 1.82 bits per heavy atom. The number of aromatic nitrogens is 4. The van der Waals surface area contributed by atoms with Crippen molar-refractivity contribution in [2.45, 2.75) is 76.8 Å². The van der Waals surface area contributed by atoms with Gasteiger partial charge in [-0.15, -0.1) is 10.2 Å². The molecule has 180 valence electrons. The number of likely N-dealkylation sites (tertiary alicyclic amines) is 1. The van der Waals surface area contributed by atoms with Crippen LogP contribution in [0.2, 0.25) is 0 Å². The number of carbonyl (C=O) groups is 1. The molecule has 2 aromatic rings. The maximum atomic E-state index is 11.7. The highest BCUT2D eigenvalue weighted by atomic mass is 16.4. The van der Waals surface area contributed by atoms with Crippen LogP contribution in [-0.2, 0) is 12.0 Å². The second kappa shape index (κ2) is 9.79. The van der Waals surface area contributed by atoms with Gasteiger partial charge in [-0.1, -0.05) is 43.2 Å². The highest BCUT2D eigenvalue weighted by Gasteiger charge is 2.42. The van der Waals surface area contributed by atoms with Gasteiger partial charge in [-0.05, 0) is 76.2 Å². The van der Waals surface area contributed by atoms with Gasteiger partial charge in [0.2, 0.25) is 0 Å². The molecule has 2 heterocycles. The molecule has 2 fully saturated rings. The molecule has 0 radical (unpaired) electrons. The summed E-state index contributed by atoms with van der Waals surface area (Å²) in [5.41, 5.74) is 0.795. The van der Waals surface area contributed by atoms with Gasteiger partial charge < -0.3 is 14.9 Å². The fourth-order valence-corrected chi connectivity index (χ4v) is 5.43. The maximum absolute atomic E-state index is 11.7. The summed E-state index contributed by atoms with van der Waals surface area (Å²) < 4.78 is 0. The molecule has 0 atom stereocenters. The average molecular weight is 455 g/mol. The second-order valence-corrected chi connectivity index (χ2v) is 10.9. The van der Waals surface area contributed by atoms with E-state index < -0.39 is 6.09 Å². The Hall–Kier alpha value is -2.48. The first kappa shape index (κ1) is 23.7.